The zero-order valence-corrected chi connectivity index (χ0v) is 18.7. The minimum absolute atomic E-state index is 0.0111. The third kappa shape index (κ3) is 4.84. The predicted molar refractivity (Wildman–Crippen MR) is 121 cm³/mol. The third-order valence-electron chi connectivity index (χ3n) is 5.13. The maximum atomic E-state index is 13.1. The first-order valence-corrected chi connectivity index (χ1v) is 11.9. The fourth-order valence-corrected chi connectivity index (χ4v) is 4.77. The van der Waals surface area contributed by atoms with Crippen LogP contribution in [0.3, 0.4) is 0 Å². The number of hydrogen-bond donors (Lipinski definition) is 2. The van der Waals surface area contributed by atoms with Crippen LogP contribution in [-0.4, -0.2) is 38.6 Å². The highest BCUT2D eigenvalue weighted by Gasteiger charge is 2.29. The van der Waals surface area contributed by atoms with E-state index in [4.69, 9.17) is 9.47 Å². The summed E-state index contributed by atoms with van der Waals surface area (Å²) in [6.07, 6.45) is 2.42. The molecule has 1 aliphatic rings. The first-order chi connectivity index (χ1) is 15.3. The fraction of sp³-hybridized carbons (Fsp3) is 0.304. The molecule has 1 aromatic heterocycles. The van der Waals surface area contributed by atoms with Crippen LogP contribution >= 0.6 is 0 Å². The molecule has 0 radical (unpaired) electrons. The maximum absolute atomic E-state index is 13.1. The molecule has 3 aromatic rings. The van der Waals surface area contributed by atoms with Gasteiger partial charge < -0.3 is 14.8 Å². The highest BCUT2D eigenvalue weighted by Crippen LogP contribution is 2.32. The first-order valence-electron chi connectivity index (χ1n) is 10.4. The van der Waals surface area contributed by atoms with Crippen molar-refractivity contribution in [3.05, 3.63) is 54.7 Å². The van der Waals surface area contributed by atoms with Gasteiger partial charge in [-0.2, -0.15) is 4.72 Å². The molecule has 2 heterocycles. The number of pyridine rings is 1. The summed E-state index contributed by atoms with van der Waals surface area (Å²) in [6.45, 7) is 4.52. The van der Waals surface area contributed by atoms with E-state index in [1.807, 2.05) is 12.1 Å². The zero-order chi connectivity index (χ0) is 22.7. The summed E-state index contributed by atoms with van der Waals surface area (Å²) in [7, 11) is -3.98. The average molecular weight is 456 g/mol. The van der Waals surface area contributed by atoms with E-state index in [0.29, 0.717) is 30.4 Å². The SMILES string of the molecule is CC(C)C(NS(=O)(=O)c1ccc2c(c1)OCCCO2)C(=O)Nc1ccc2ncccc2c1. The number of anilines is 1. The van der Waals surface area contributed by atoms with E-state index < -0.39 is 22.0 Å². The van der Waals surface area contributed by atoms with E-state index in [1.165, 1.54) is 12.1 Å². The van der Waals surface area contributed by atoms with Gasteiger partial charge in [-0.1, -0.05) is 19.9 Å². The molecule has 2 aromatic carbocycles. The summed E-state index contributed by atoms with van der Waals surface area (Å²) in [5, 5.41) is 3.68. The molecule has 0 fully saturated rings. The van der Waals surface area contributed by atoms with Crippen LogP contribution in [0, 0.1) is 5.92 Å². The van der Waals surface area contributed by atoms with Gasteiger partial charge in [-0.3, -0.25) is 9.78 Å². The number of amides is 1. The van der Waals surface area contributed by atoms with Crippen molar-refractivity contribution in [1.29, 1.82) is 0 Å². The van der Waals surface area contributed by atoms with Crippen LogP contribution in [0.2, 0.25) is 0 Å². The molecule has 1 atom stereocenters. The van der Waals surface area contributed by atoms with Crippen LogP contribution in [-0.2, 0) is 14.8 Å². The molecule has 1 aliphatic heterocycles. The van der Waals surface area contributed by atoms with Crippen LogP contribution in [0.25, 0.3) is 10.9 Å². The van der Waals surface area contributed by atoms with Crippen molar-refractivity contribution in [2.24, 2.45) is 5.92 Å². The van der Waals surface area contributed by atoms with Crippen LogP contribution in [0.1, 0.15) is 20.3 Å². The van der Waals surface area contributed by atoms with Crippen molar-refractivity contribution in [1.82, 2.24) is 9.71 Å². The van der Waals surface area contributed by atoms with Crippen molar-refractivity contribution in [2.45, 2.75) is 31.2 Å². The van der Waals surface area contributed by atoms with Gasteiger partial charge in [0.05, 0.1) is 23.6 Å². The quantitative estimate of drug-likeness (QED) is 0.590. The number of aromatic nitrogens is 1. The Labute approximate surface area is 187 Å². The molecule has 0 aliphatic carbocycles. The largest absolute Gasteiger partial charge is 0.490 e. The molecule has 4 rings (SSSR count). The van der Waals surface area contributed by atoms with Crippen molar-refractivity contribution >= 4 is 32.5 Å². The number of nitrogens with one attached hydrogen (secondary N) is 2. The summed E-state index contributed by atoms with van der Waals surface area (Å²) in [4.78, 5) is 17.2. The van der Waals surface area contributed by atoms with E-state index in [9.17, 15) is 13.2 Å². The summed E-state index contributed by atoms with van der Waals surface area (Å²) >= 11 is 0. The molecular formula is C23H25N3O5S. The second kappa shape index (κ2) is 9.13. The Morgan fingerprint density at radius 3 is 2.59 bits per heavy atom. The van der Waals surface area contributed by atoms with Crippen LogP contribution < -0.4 is 19.5 Å². The Bertz CT molecular complexity index is 1240. The topological polar surface area (TPSA) is 107 Å². The first kappa shape index (κ1) is 22.0. The number of hydrogen-bond acceptors (Lipinski definition) is 6. The van der Waals surface area contributed by atoms with Crippen LogP contribution in [0.4, 0.5) is 5.69 Å². The minimum Gasteiger partial charge on any atom is -0.490 e. The van der Waals surface area contributed by atoms with E-state index in [1.54, 1.807) is 44.3 Å². The molecule has 0 bridgehead atoms. The summed E-state index contributed by atoms with van der Waals surface area (Å²) in [6, 6.07) is 12.5. The van der Waals surface area contributed by atoms with Crippen LogP contribution in [0.15, 0.2) is 59.6 Å². The second-order valence-corrected chi connectivity index (χ2v) is 9.62. The Hall–Kier alpha value is -3.17. The van der Waals surface area contributed by atoms with Crippen molar-refractivity contribution < 1.29 is 22.7 Å². The third-order valence-corrected chi connectivity index (χ3v) is 6.57. The predicted octanol–water partition coefficient (Wildman–Crippen LogP) is 3.34. The van der Waals surface area contributed by atoms with Crippen LogP contribution in [0.5, 0.6) is 11.5 Å². The molecular weight excluding hydrogens is 430 g/mol. The lowest BCUT2D eigenvalue weighted by molar-refractivity contribution is -0.118. The van der Waals surface area contributed by atoms with E-state index in [2.05, 4.69) is 15.0 Å². The molecule has 0 spiro atoms. The maximum Gasteiger partial charge on any atom is 0.242 e. The zero-order valence-electron chi connectivity index (χ0n) is 17.9. The van der Waals surface area contributed by atoms with Gasteiger partial charge in [-0.25, -0.2) is 8.42 Å². The molecule has 1 amide bonds. The normalized spacial score (nSPS) is 14.7. The Morgan fingerprint density at radius 1 is 1.03 bits per heavy atom. The second-order valence-electron chi connectivity index (χ2n) is 7.90. The number of carbonyl (C=O) groups is 1. The van der Waals surface area contributed by atoms with E-state index in [0.717, 1.165) is 17.3 Å². The smallest absolute Gasteiger partial charge is 0.242 e. The highest BCUT2D eigenvalue weighted by atomic mass is 32.2. The molecule has 9 heteroatoms. The Balaban J connectivity index is 1.54. The van der Waals surface area contributed by atoms with E-state index >= 15 is 0 Å². The monoisotopic (exact) mass is 455 g/mol. The number of fused-ring (bicyclic) bond motifs is 2. The number of benzene rings is 2. The molecule has 168 valence electrons. The fourth-order valence-electron chi connectivity index (χ4n) is 3.41. The molecule has 0 saturated carbocycles. The van der Waals surface area contributed by atoms with Gasteiger partial charge in [0.1, 0.15) is 6.04 Å². The summed E-state index contributed by atoms with van der Waals surface area (Å²) in [5.74, 6) is 0.152. The molecule has 2 N–H and O–H groups in total. The summed E-state index contributed by atoms with van der Waals surface area (Å²) in [5.41, 5.74) is 1.37. The molecule has 32 heavy (non-hydrogen) atoms. The average Bonchev–Trinajstić information content (AvgIpc) is 3.02. The minimum atomic E-state index is -3.98. The summed E-state index contributed by atoms with van der Waals surface area (Å²) < 4.78 is 39.8. The molecule has 0 saturated heterocycles. The van der Waals surface area contributed by atoms with Gasteiger partial charge in [0, 0.05) is 29.8 Å². The van der Waals surface area contributed by atoms with Crippen molar-refractivity contribution in [3.8, 4) is 11.5 Å². The van der Waals surface area contributed by atoms with E-state index in [-0.39, 0.29) is 10.8 Å². The molecule has 8 nitrogen and oxygen atoms in total. The van der Waals surface area contributed by atoms with Gasteiger partial charge in [0.25, 0.3) is 0 Å². The standard InChI is InChI=1S/C23H25N3O5S/c1-15(2)22(23(27)25-17-6-8-19-16(13-17)5-3-10-24-19)26-32(28,29)18-7-9-20-21(14-18)31-12-4-11-30-20/h3,5-10,13-15,22,26H,4,11-12H2,1-2H3,(H,25,27). The highest BCUT2D eigenvalue weighted by molar-refractivity contribution is 7.89. The lowest BCUT2D eigenvalue weighted by Crippen LogP contribution is -2.47. The van der Waals surface area contributed by atoms with Gasteiger partial charge >= 0.3 is 0 Å². The van der Waals surface area contributed by atoms with Gasteiger partial charge in [-0.05, 0) is 42.3 Å². The Morgan fingerprint density at radius 2 is 1.81 bits per heavy atom. The Kier molecular flexibility index (Phi) is 6.29. The number of rotatable bonds is 6. The van der Waals surface area contributed by atoms with Crippen molar-refractivity contribution in [3.63, 3.8) is 0 Å². The number of ether oxygens (including phenoxy) is 2. The number of carbonyl (C=O) groups excluding carboxylic acids is 1. The van der Waals surface area contributed by atoms with Crippen molar-refractivity contribution in [2.75, 3.05) is 18.5 Å². The van der Waals surface area contributed by atoms with Gasteiger partial charge in [-0.15, -0.1) is 0 Å². The molecule has 1 unspecified atom stereocenters. The van der Waals surface area contributed by atoms with Gasteiger partial charge in [0.15, 0.2) is 11.5 Å². The number of sulfonamides is 1. The lowest BCUT2D eigenvalue weighted by Gasteiger charge is -2.22. The number of nitrogens with zero attached hydrogens (tertiary/aromatic N) is 1. The van der Waals surface area contributed by atoms with Gasteiger partial charge in [0.2, 0.25) is 15.9 Å². The lowest BCUT2D eigenvalue weighted by atomic mass is 10.0.